The molecule has 1 aromatic rings. The lowest BCUT2D eigenvalue weighted by atomic mass is 10.2. The topological polar surface area (TPSA) is 84.9 Å². The van der Waals surface area contributed by atoms with Crippen LogP contribution in [0.5, 0.6) is 5.75 Å². The largest absolute Gasteiger partial charge is 0.494 e. The smallest absolute Gasteiger partial charge is 0.328 e. The number of hydrogen-bond acceptors (Lipinski definition) is 4. The average Bonchev–Trinajstić information content (AvgIpc) is 2.52. The summed E-state index contributed by atoms with van der Waals surface area (Å²) in [6.07, 6.45) is 2.37. The van der Waals surface area contributed by atoms with Crippen LogP contribution >= 0.6 is 0 Å². The van der Waals surface area contributed by atoms with Crippen LogP contribution in [0.3, 0.4) is 0 Å². The van der Waals surface area contributed by atoms with Crippen molar-refractivity contribution >= 4 is 11.9 Å². The van der Waals surface area contributed by atoms with Crippen LogP contribution in [0.1, 0.15) is 23.7 Å². The number of ether oxygens (including phenoxy) is 2. The van der Waals surface area contributed by atoms with Crippen LogP contribution < -0.4 is 10.1 Å². The number of nitrogens with one attached hydrogen (secondary N) is 1. The van der Waals surface area contributed by atoms with Crippen molar-refractivity contribution in [1.82, 2.24) is 5.32 Å². The number of benzene rings is 1. The number of rotatable bonds is 10. The Labute approximate surface area is 129 Å². The highest BCUT2D eigenvalue weighted by atomic mass is 16.5. The van der Waals surface area contributed by atoms with Crippen LogP contribution in [-0.2, 0) is 9.53 Å². The quantitative estimate of drug-likeness (QED) is 0.509. The molecule has 120 valence electrons. The van der Waals surface area contributed by atoms with Crippen molar-refractivity contribution in [2.75, 3.05) is 19.8 Å². The minimum Gasteiger partial charge on any atom is -0.494 e. The predicted molar refractivity (Wildman–Crippen MR) is 82.1 cm³/mol. The van der Waals surface area contributed by atoms with Crippen molar-refractivity contribution in [1.29, 1.82) is 0 Å². The Bertz CT molecular complexity index is 515. The average molecular weight is 307 g/mol. The van der Waals surface area contributed by atoms with Gasteiger partial charge in [0.05, 0.1) is 19.8 Å². The summed E-state index contributed by atoms with van der Waals surface area (Å²) in [6.45, 7) is 6.10. The highest BCUT2D eigenvalue weighted by Crippen LogP contribution is 2.13. The van der Waals surface area contributed by atoms with Crippen LogP contribution in [0.2, 0.25) is 0 Å². The van der Waals surface area contributed by atoms with Crippen LogP contribution in [0, 0.1) is 0 Å². The van der Waals surface area contributed by atoms with Gasteiger partial charge in [-0.2, -0.15) is 0 Å². The van der Waals surface area contributed by atoms with Gasteiger partial charge in [-0.15, -0.1) is 6.58 Å². The molecule has 0 spiro atoms. The first-order valence-corrected chi connectivity index (χ1v) is 7.03. The first-order chi connectivity index (χ1) is 10.6. The molecule has 0 aromatic heterocycles. The maximum Gasteiger partial charge on any atom is 0.328 e. The third-order valence-electron chi connectivity index (χ3n) is 2.69. The van der Waals surface area contributed by atoms with Gasteiger partial charge >= 0.3 is 5.97 Å². The number of carbonyl (C=O) groups excluding carboxylic acids is 1. The minimum atomic E-state index is -1.16. The standard InChI is InChI=1S/C16H21NO5/c1-3-8-21-11-14(16(19)20)17-15(18)12-6-5-7-13(10-12)22-9-4-2/h3,5-7,10,14H,1,4,8-9,11H2,2H3,(H,17,18)(H,19,20). The van der Waals surface area contributed by atoms with Gasteiger partial charge in [-0.1, -0.05) is 19.1 Å². The molecule has 0 aliphatic heterocycles. The monoisotopic (exact) mass is 307 g/mol. The zero-order valence-corrected chi connectivity index (χ0v) is 12.6. The molecule has 1 amide bonds. The summed E-state index contributed by atoms with van der Waals surface area (Å²) >= 11 is 0. The van der Waals surface area contributed by atoms with Crippen LogP contribution in [0.4, 0.5) is 0 Å². The van der Waals surface area contributed by atoms with E-state index in [0.717, 1.165) is 6.42 Å². The molecule has 6 heteroatoms. The maximum atomic E-state index is 12.1. The van der Waals surface area contributed by atoms with Gasteiger partial charge in [-0.3, -0.25) is 4.79 Å². The number of carboxylic acid groups (broad SMARTS) is 1. The fourth-order valence-corrected chi connectivity index (χ4v) is 1.63. The normalized spacial score (nSPS) is 11.5. The molecule has 0 fully saturated rings. The molecular formula is C16H21NO5. The summed E-state index contributed by atoms with van der Waals surface area (Å²) < 4.78 is 10.5. The van der Waals surface area contributed by atoms with E-state index in [4.69, 9.17) is 14.6 Å². The summed E-state index contributed by atoms with van der Waals surface area (Å²) in [5.74, 6) is -1.07. The van der Waals surface area contributed by atoms with E-state index in [1.807, 2.05) is 6.92 Å². The summed E-state index contributed by atoms with van der Waals surface area (Å²) in [6, 6.07) is 5.48. The molecule has 0 saturated carbocycles. The molecule has 0 aliphatic rings. The molecule has 1 unspecified atom stereocenters. The summed E-state index contributed by atoms with van der Waals surface area (Å²) in [4.78, 5) is 23.2. The molecule has 0 radical (unpaired) electrons. The lowest BCUT2D eigenvalue weighted by molar-refractivity contribution is -0.140. The Morgan fingerprint density at radius 3 is 2.86 bits per heavy atom. The van der Waals surface area contributed by atoms with E-state index >= 15 is 0 Å². The highest BCUT2D eigenvalue weighted by molar-refractivity contribution is 5.96. The second-order valence-corrected chi connectivity index (χ2v) is 4.57. The van der Waals surface area contributed by atoms with E-state index < -0.39 is 17.9 Å². The van der Waals surface area contributed by atoms with Crippen molar-refractivity contribution in [3.05, 3.63) is 42.5 Å². The Balaban J connectivity index is 2.68. The van der Waals surface area contributed by atoms with Gasteiger partial charge in [0.25, 0.3) is 5.91 Å². The second kappa shape index (κ2) is 9.57. The van der Waals surface area contributed by atoms with Crippen molar-refractivity contribution in [2.24, 2.45) is 0 Å². The Morgan fingerprint density at radius 2 is 2.23 bits per heavy atom. The first kappa shape index (κ1) is 17.7. The number of carboxylic acids is 1. The third kappa shape index (κ3) is 5.97. The minimum absolute atomic E-state index is 0.126. The van der Waals surface area contributed by atoms with Crippen LogP contribution in [0.25, 0.3) is 0 Å². The predicted octanol–water partition coefficient (Wildman–Crippen LogP) is 1.86. The number of hydrogen-bond donors (Lipinski definition) is 2. The van der Waals surface area contributed by atoms with Gasteiger partial charge in [0, 0.05) is 5.56 Å². The Kier molecular flexibility index (Phi) is 7.70. The first-order valence-electron chi connectivity index (χ1n) is 7.03. The lowest BCUT2D eigenvalue weighted by Gasteiger charge is -2.14. The van der Waals surface area contributed by atoms with Crippen molar-refractivity contribution in [3.63, 3.8) is 0 Å². The van der Waals surface area contributed by atoms with Crippen LogP contribution in [0.15, 0.2) is 36.9 Å². The van der Waals surface area contributed by atoms with E-state index in [9.17, 15) is 9.59 Å². The fraction of sp³-hybridized carbons (Fsp3) is 0.375. The zero-order valence-electron chi connectivity index (χ0n) is 12.6. The fourth-order valence-electron chi connectivity index (χ4n) is 1.63. The van der Waals surface area contributed by atoms with Gasteiger partial charge in [0.1, 0.15) is 5.75 Å². The molecule has 1 aromatic carbocycles. The molecule has 22 heavy (non-hydrogen) atoms. The highest BCUT2D eigenvalue weighted by Gasteiger charge is 2.21. The molecular weight excluding hydrogens is 286 g/mol. The summed E-state index contributed by atoms with van der Waals surface area (Å²) in [5.41, 5.74) is 0.337. The zero-order chi connectivity index (χ0) is 16.4. The van der Waals surface area contributed by atoms with Crippen LogP contribution in [-0.4, -0.2) is 42.8 Å². The molecule has 0 aliphatic carbocycles. The molecule has 2 N–H and O–H groups in total. The molecule has 6 nitrogen and oxygen atoms in total. The maximum absolute atomic E-state index is 12.1. The molecule has 0 bridgehead atoms. The summed E-state index contributed by atoms with van der Waals surface area (Å²) in [5, 5.41) is 11.5. The van der Waals surface area contributed by atoms with Gasteiger partial charge in [0.2, 0.25) is 0 Å². The van der Waals surface area contributed by atoms with E-state index in [-0.39, 0.29) is 13.2 Å². The van der Waals surface area contributed by atoms with Crippen molar-refractivity contribution < 1.29 is 24.2 Å². The molecule has 1 rings (SSSR count). The van der Waals surface area contributed by atoms with Crippen molar-refractivity contribution in [3.8, 4) is 5.75 Å². The van der Waals surface area contributed by atoms with Gasteiger partial charge in [-0.05, 0) is 24.6 Å². The van der Waals surface area contributed by atoms with Gasteiger partial charge in [-0.25, -0.2) is 4.79 Å². The molecule has 0 saturated heterocycles. The number of carbonyl (C=O) groups is 2. The SMILES string of the molecule is C=CCOCC(NC(=O)c1cccc(OCCC)c1)C(=O)O. The Hall–Kier alpha value is -2.34. The van der Waals surface area contributed by atoms with E-state index in [0.29, 0.717) is 17.9 Å². The van der Waals surface area contributed by atoms with Gasteiger partial charge < -0.3 is 19.9 Å². The number of aliphatic carboxylic acids is 1. The van der Waals surface area contributed by atoms with Crippen molar-refractivity contribution in [2.45, 2.75) is 19.4 Å². The van der Waals surface area contributed by atoms with E-state index in [1.165, 1.54) is 6.08 Å². The van der Waals surface area contributed by atoms with E-state index in [1.54, 1.807) is 24.3 Å². The third-order valence-corrected chi connectivity index (χ3v) is 2.69. The van der Waals surface area contributed by atoms with E-state index in [2.05, 4.69) is 11.9 Å². The number of amides is 1. The lowest BCUT2D eigenvalue weighted by Crippen LogP contribution is -2.44. The second-order valence-electron chi connectivity index (χ2n) is 4.57. The molecule has 1 atom stereocenters. The Morgan fingerprint density at radius 1 is 1.45 bits per heavy atom. The molecule has 0 heterocycles. The summed E-state index contributed by atoms with van der Waals surface area (Å²) in [7, 11) is 0. The van der Waals surface area contributed by atoms with Gasteiger partial charge in [0.15, 0.2) is 6.04 Å².